The van der Waals surface area contributed by atoms with Gasteiger partial charge in [-0.15, -0.1) is 0 Å². The molecule has 6 heteroatoms. The van der Waals surface area contributed by atoms with Crippen LogP contribution in [0.5, 0.6) is 0 Å². The average molecular weight is 346 g/mol. The number of ether oxygens (including phenoxy) is 1. The van der Waals surface area contributed by atoms with Gasteiger partial charge in [0.05, 0.1) is 35.2 Å². The Kier molecular flexibility index (Phi) is 5.06. The zero-order valence-corrected chi connectivity index (χ0v) is 16.2. The molecule has 1 unspecified atom stereocenters. The van der Waals surface area contributed by atoms with E-state index in [1.807, 2.05) is 6.07 Å². The van der Waals surface area contributed by atoms with Gasteiger partial charge in [0, 0.05) is 13.2 Å². The molecule has 0 spiro atoms. The van der Waals surface area contributed by atoms with Crippen molar-refractivity contribution in [1.82, 2.24) is 0 Å². The van der Waals surface area contributed by atoms with Gasteiger partial charge in [-0.25, -0.2) is 0 Å². The minimum Gasteiger partial charge on any atom is -0.399 e. The van der Waals surface area contributed by atoms with Gasteiger partial charge in [-0.05, 0) is 65.1 Å². The van der Waals surface area contributed by atoms with E-state index in [0.29, 0.717) is 6.04 Å². The fourth-order valence-electron chi connectivity index (χ4n) is 3.56. The van der Waals surface area contributed by atoms with E-state index in [2.05, 4.69) is 51.7 Å². The predicted molar refractivity (Wildman–Crippen MR) is 103 cm³/mol. The second-order valence-electron chi connectivity index (χ2n) is 8.06. The molecule has 2 fully saturated rings. The van der Waals surface area contributed by atoms with E-state index in [-0.39, 0.29) is 18.3 Å². The third-order valence-corrected chi connectivity index (χ3v) is 5.80. The first-order valence-electron chi connectivity index (χ1n) is 9.34. The highest BCUT2D eigenvalue weighted by Gasteiger charge is 2.51. The Balaban J connectivity index is 1.81. The summed E-state index contributed by atoms with van der Waals surface area (Å²) in [5, 5.41) is 0. The molecule has 0 radical (unpaired) electrons. The Morgan fingerprint density at radius 1 is 1.20 bits per heavy atom. The number of nitrogen functional groups attached to an aromatic ring is 1. The lowest BCUT2D eigenvalue weighted by atomic mass is 9.78. The lowest BCUT2D eigenvalue weighted by Crippen LogP contribution is -2.42. The van der Waals surface area contributed by atoms with Crippen molar-refractivity contribution in [2.45, 2.75) is 64.7 Å². The van der Waals surface area contributed by atoms with Crippen molar-refractivity contribution in [1.29, 1.82) is 0 Å². The number of hydrogen-bond acceptors (Lipinski definition) is 5. The summed E-state index contributed by atoms with van der Waals surface area (Å²) in [6, 6.07) is 6.54. The van der Waals surface area contributed by atoms with E-state index in [4.69, 9.17) is 19.8 Å². The SMILES string of the molecule is CCN(c1ccc(B2OC(C)(C)C(C)(C)O2)cc1N)C1CCCOC1. The number of likely N-dealkylation sites (N-methyl/N-ethyl adjacent to an activating group) is 1. The van der Waals surface area contributed by atoms with E-state index in [0.717, 1.165) is 49.4 Å². The summed E-state index contributed by atoms with van der Waals surface area (Å²) in [5.74, 6) is 0. The van der Waals surface area contributed by atoms with Crippen molar-refractivity contribution in [2.24, 2.45) is 0 Å². The van der Waals surface area contributed by atoms with E-state index in [1.165, 1.54) is 0 Å². The highest BCUT2D eigenvalue weighted by molar-refractivity contribution is 6.62. The molecule has 0 bridgehead atoms. The number of anilines is 2. The second-order valence-corrected chi connectivity index (χ2v) is 8.06. The van der Waals surface area contributed by atoms with Crippen LogP contribution in [-0.2, 0) is 14.0 Å². The summed E-state index contributed by atoms with van der Waals surface area (Å²) in [7, 11) is -0.380. The molecule has 2 heterocycles. The van der Waals surface area contributed by atoms with Crippen LogP contribution in [0.4, 0.5) is 11.4 Å². The number of rotatable bonds is 4. The average Bonchev–Trinajstić information content (AvgIpc) is 2.78. The van der Waals surface area contributed by atoms with Crippen LogP contribution in [0.2, 0.25) is 0 Å². The maximum Gasteiger partial charge on any atom is 0.494 e. The molecular weight excluding hydrogens is 315 g/mol. The molecule has 1 atom stereocenters. The molecule has 0 aromatic heterocycles. The van der Waals surface area contributed by atoms with Crippen molar-refractivity contribution >= 4 is 24.0 Å². The Labute approximate surface area is 151 Å². The molecule has 0 saturated carbocycles. The van der Waals surface area contributed by atoms with Crippen LogP contribution < -0.4 is 16.1 Å². The van der Waals surface area contributed by atoms with Gasteiger partial charge in [-0.1, -0.05) is 6.07 Å². The Hall–Kier alpha value is -1.24. The summed E-state index contributed by atoms with van der Waals surface area (Å²) >= 11 is 0. The van der Waals surface area contributed by atoms with Gasteiger partial charge < -0.3 is 24.7 Å². The molecular formula is C19H31BN2O3. The maximum atomic E-state index is 6.41. The molecule has 1 aromatic rings. The lowest BCUT2D eigenvalue weighted by molar-refractivity contribution is 0.00578. The first-order valence-corrected chi connectivity index (χ1v) is 9.34. The fourth-order valence-corrected chi connectivity index (χ4v) is 3.56. The van der Waals surface area contributed by atoms with Gasteiger partial charge in [-0.3, -0.25) is 0 Å². The van der Waals surface area contributed by atoms with Gasteiger partial charge in [0.2, 0.25) is 0 Å². The molecule has 25 heavy (non-hydrogen) atoms. The largest absolute Gasteiger partial charge is 0.494 e. The zero-order chi connectivity index (χ0) is 18.2. The van der Waals surface area contributed by atoms with Gasteiger partial charge in [0.25, 0.3) is 0 Å². The van der Waals surface area contributed by atoms with Crippen molar-refractivity contribution in [2.75, 3.05) is 30.4 Å². The van der Waals surface area contributed by atoms with Gasteiger partial charge >= 0.3 is 7.12 Å². The van der Waals surface area contributed by atoms with Crippen molar-refractivity contribution in [3.63, 3.8) is 0 Å². The highest BCUT2D eigenvalue weighted by atomic mass is 16.7. The Morgan fingerprint density at radius 2 is 1.88 bits per heavy atom. The second kappa shape index (κ2) is 6.82. The lowest BCUT2D eigenvalue weighted by Gasteiger charge is -2.36. The van der Waals surface area contributed by atoms with E-state index in [9.17, 15) is 0 Å². The fraction of sp³-hybridized carbons (Fsp3) is 0.684. The van der Waals surface area contributed by atoms with Gasteiger partial charge in [-0.2, -0.15) is 0 Å². The summed E-state index contributed by atoms with van der Waals surface area (Å²) in [6.07, 6.45) is 2.25. The van der Waals surface area contributed by atoms with E-state index < -0.39 is 0 Å². The molecule has 0 amide bonds. The van der Waals surface area contributed by atoms with Crippen molar-refractivity contribution < 1.29 is 14.0 Å². The Morgan fingerprint density at radius 3 is 2.40 bits per heavy atom. The normalized spacial score (nSPS) is 25.2. The van der Waals surface area contributed by atoms with Crippen LogP contribution in [0.3, 0.4) is 0 Å². The first-order chi connectivity index (χ1) is 11.7. The van der Waals surface area contributed by atoms with Crippen LogP contribution in [0.15, 0.2) is 18.2 Å². The van der Waals surface area contributed by atoms with Crippen LogP contribution in [-0.4, -0.2) is 44.1 Å². The quantitative estimate of drug-likeness (QED) is 0.671. The third-order valence-electron chi connectivity index (χ3n) is 5.80. The Bertz CT molecular complexity index is 599. The van der Waals surface area contributed by atoms with Crippen molar-refractivity contribution in [3.05, 3.63) is 18.2 Å². The number of nitrogens with zero attached hydrogens (tertiary/aromatic N) is 1. The highest BCUT2D eigenvalue weighted by Crippen LogP contribution is 2.37. The molecule has 0 aliphatic carbocycles. The third kappa shape index (κ3) is 3.53. The van der Waals surface area contributed by atoms with Crippen LogP contribution in [0.1, 0.15) is 47.5 Å². The molecule has 2 aliphatic heterocycles. The summed E-state index contributed by atoms with van der Waals surface area (Å²) in [5.41, 5.74) is 8.52. The minimum absolute atomic E-state index is 0.347. The van der Waals surface area contributed by atoms with Crippen LogP contribution in [0.25, 0.3) is 0 Å². The molecule has 138 valence electrons. The topological polar surface area (TPSA) is 57.0 Å². The number of hydrogen-bond donors (Lipinski definition) is 1. The first kappa shape index (κ1) is 18.6. The summed E-state index contributed by atoms with van der Waals surface area (Å²) in [4.78, 5) is 2.35. The maximum absolute atomic E-state index is 6.41. The number of nitrogens with two attached hydrogens (primary N) is 1. The predicted octanol–water partition coefficient (Wildman–Crippen LogP) is 2.57. The smallest absolute Gasteiger partial charge is 0.399 e. The standard InChI is InChI=1S/C19H31BN2O3/c1-6-22(15-8-7-11-23-13-15)17-10-9-14(12-16(17)21)20-24-18(2,3)19(4,5)25-20/h9-10,12,15H,6-8,11,13,21H2,1-5H3. The van der Waals surface area contributed by atoms with Crippen LogP contribution >= 0.6 is 0 Å². The molecule has 3 rings (SSSR count). The number of benzene rings is 1. The molecule has 1 aromatic carbocycles. The zero-order valence-electron chi connectivity index (χ0n) is 16.2. The summed E-state index contributed by atoms with van der Waals surface area (Å²) in [6.45, 7) is 13.0. The summed E-state index contributed by atoms with van der Waals surface area (Å²) < 4.78 is 17.9. The van der Waals surface area contributed by atoms with Gasteiger partial charge in [0.15, 0.2) is 0 Å². The molecule has 5 nitrogen and oxygen atoms in total. The molecule has 2 aliphatic rings. The van der Waals surface area contributed by atoms with E-state index in [1.54, 1.807) is 0 Å². The molecule has 2 saturated heterocycles. The van der Waals surface area contributed by atoms with Crippen LogP contribution in [0, 0.1) is 0 Å². The van der Waals surface area contributed by atoms with Crippen molar-refractivity contribution in [3.8, 4) is 0 Å². The monoisotopic (exact) mass is 346 g/mol. The van der Waals surface area contributed by atoms with Gasteiger partial charge in [0.1, 0.15) is 0 Å². The molecule has 2 N–H and O–H groups in total. The van der Waals surface area contributed by atoms with E-state index >= 15 is 0 Å². The minimum atomic E-state index is -0.380.